The third-order valence-corrected chi connectivity index (χ3v) is 7.22. The number of esters is 1. The minimum Gasteiger partial charge on any atom is -0.455 e. The molecule has 2 aromatic rings. The number of nitrogens with zero attached hydrogens (tertiary/aromatic N) is 2. The summed E-state index contributed by atoms with van der Waals surface area (Å²) < 4.78 is 31.0. The first-order valence-corrected chi connectivity index (χ1v) is 11.9. The fraction of sp³-hybridized carbons (Fsp3) is 0.391. The minimum absolute atomic E-state index is 0.0870. The van der Waals surface area contributed by atoms with Crippen LogP contribution in [0.15, 0.2) is 47.4 Å². The first-order chi connectivity index (χ1) is 15.2. The van der Waals surface area contributed by atoms with Gasteiger partial charge in [-0.15, -0.1) is 0 Å². The molecular weight excluding hydrogens is 430 g/mol. The van der Waals surface area contributed by atoms with E-state index >= 15 is 0 Å². The summed E-state index contributed by atoms with van der Waals surface area (Å²) in [6.45, 7) is 4.85. The molecule has 0 atom stereocenters. The number of hydrogen-bond acceptors (Lipinski definition) is 6. The number of carbonyl (C=O) groups is 2. The molecule has 0 aliphatic carbocycles. The number of sulfonamides is 1. The van der Waals surface area contributed by atoms with Crippen molar-refractivity contribution in [3.63, 3.8) is 0 Å². The molecule has 1 fully saturated rings. The SMILES string of the molecule is Cc1ccc(S(=O)(=O)N(C)CC(=O)OCC(=O)Nc2ccc(N3CCCC3)cc2C)cc1. The molecule has 2 aromatic carbocycles. The highest BCUT2D eigenvalue weighted by atomic mass is 32.2. The number of benzene rings is 2. The number of hydrogen-bond donors (Lipinski definition) is 1. The highest BCUT2D eigenvalue weighted by molar-refractivity contribution is 7.89. The number of amides is 1. The Kier molecular flexibility index (Phi) is 7.52. The van der Waals surface area contributed by atoms with Crippen molar-refractivity contribution >= 4 is 33.3 Å². The molecule has 0 spiro atoms. The quantitative estimate of drug-likeness (QED) is 0.610. The van der Waals surface area contributed by atoms with Gasteiger partial charge in [0.15, 0.2) is 6.61 Å². The van der Waals surface area contributed by atoms with Crippen LogP contribution in [-0.4, -0.2) is 57.9 Å². The summed E-state index contributed by atoms with van der Waals surface area (Å²) in [4.78, 5) is 26.7. The number of anilines is 2. The Morgan fingerprint density at radius 1 is 1.06 bits per heavy atom. The standard InChI is InChI=1S/C23H29N3O5S/c1-17-6-9-20(10-7-17)32(29,30)25(3)15-23(28)31-16-22(27)24-21-11-8-19(14-18(21)2)26-12-4-5-13-26/h6-11,14H,4-5,12-13,15-16H2,1-3H3,(H,24,27). The van der Waals surface area contributed by atoms with Gasteiger partial charge < -0.3 is 15.0 Å². The maximum atomic E-state index is 12.6. The molecule has 0 unspecified atom stereocenters. The van der Waals surface area contributed by atoms with E-state index < -0.39 is 35.1 Å². The van der Waals surface area contributed by atoms with Gasteiger partial charge in [0.1, 0.15) is 6.54 Å². The van der Waals surface area contributed by atoms with Crippen LogP contribution < -0.4 is 10.2 Å². The van der Waals surface area contributed by atoms with Gasteiger partial charge in [-0.05, 0) is 62.6 Å². The number of likely N-dealkylation sites (N-methyl/N-ethyl adjacent to an activating group) is 1. The first-order valence-electron chi connectivity index (χ1n) is 10.5. The number of ether oxygens (including phenoxy) is 1. The molecule has 1 N–H and O–H groups in total. The Bertz CT molecular complexity index is 1080. The van der Waals surface area contributed by atoms with Crippen molar-refractivity contribution in [2.24, 2.45) is 0 Å². The Hall–Kier alpha value is -2.91. The monoisotopic (exact) mass is 459 g/mol. The van der Waals surface area contributed by atoms with E-state index in [-0.39, 0.29) is 4.90 Å². The van der Waals surface area contributed by atoms with Crippen LogP contribution in [-0.2, 0) is 24.3 Å². The lowest BCUT2D eigenvalue weighted by Gasteiger charge is -2.19. The Morgan fingerprint density at radius 2 is 1.72 bits per heavy atom. The van der Waals surface area contributed by atoms with Gasteiger partial charge in [0, 0.05) is 31.5 Å². The van der Waals surface area contributed by atoms with E-state index in [1.165, 1.54) is 32.0 Å². The summed E-state index contributed by atoms with van der Waals surface area (Å²) >= 11 is 0. The summed E-state index contributed by atoms with van der Waals surface area (Å²) in [6, 6.07) is 12.2. The molecule has 1 aliphatic heterocycles. The molecule has 0 bridgehead atoms. The lowest BCUT2D eigenvalue weighted by molar-refractivity contribution is -0.147. The van der Waals surface area contributed by atoms with Crippen molar-refractivity contribution in [2.75, 3.05) is 43.5 Å². The second-order valence-electron chi connectivity index (χ2n) is 7.98. The van der Waals surface area contributed by atoms with E-state index in [2.05, 4.69) is 10.2 Å². The molecule has 9 heteroatoms. The van der Waals surface area contributed by atoms with Crippen LogP contribution in [0.1, 0.15) is 24.0 Å². The van der Waals surface area contributed by atoms with E-state index in [4.69, 9.17) is 4.74 Å². The first kappa shape index (κ1) is 23.7. The summed E-state index contributed by atoms with van der Waals surface area (Å²) in [5, 5.41) is 2.73. The predicted octanol–water partition coefficient (Wildman–Crippen LogP) is 2.71. The lowest BCUT2D eigenvalue weighted by Crippen LogP contribution is -2.34. The van der Waals surface area contributed by atoms with E-state index in [0.29, 0.717) is 5.69 Å². The van der Waals surface area contributed by atoms with Crippen molar-refractivity contribution < 1.29 is 22.7 Å². The second-order valence-corrected chi connectivity index (χ2v) is 10.0. The molecule has 32 heavy (non-hydrogen) atoms. The average Bonchev–Trinajstić information content (AvgIpc) is 3.29. The molecule has 8 nitrogen and oxygen atoms in total. The van der Waals surface area contributed by atoms with Gasteiger partial charge in [-0.3, -0.25) is 9.59 Å². The molecule has 1 heterocycles. The molecule has 0 radical (unpaired) electrons. The van der Waals surface area contributed by atoms with Gasteiger partial charge in [-0.2, -0.15) is 4.31 Å². The zero-order valence-electron chi connectivity index (χ0n) is 18.6. The highest BCUT2D eigenvalue weighted by Gasteiger charge is 2.24. The van der Waals surface area contributed by atoms with E-state index in [1.54, 1.807) is 12.1 Å². The van der Waals surface area contributed by atoms with Crippen molar-refractivity contribution in [2.45, 2.75) is 31.6 Å². The predicted molar refractivity (Wildman–Crippen MR) is 123 cm³/mol. The summed E-state index contributed by atoms with van der Waals surface area (Å²) in [6.07, 6.45) is 2.37. The Balaban J connectivity index is 1.50. The van der Waals surface area contributed by atoms with Crippen molar-refractivity contribution in [3.8, 4) is 0 Å². The van der Waals surface area contributed by atoms with Crippen LogP contribution in [0.25, 0.3) is 0 Å². The number of rotatable bonds is 8. The largest absolute Gasteiger partial charge is 0.455 e. The topological polar surface area (TPSA) is 96.0 Å². The van der Waals surface area contributed by atoms with Gasteiger partial charge in [-0.1, -0.05) is 17.7 Å². The number of nitrogens with one attached hydrogen (secondary N) is 1. The zero-order valence-corrected chi connectivity index (χ0v) is 19.4. The molecule has 3 rings (SSSR count). The van der Waals surface area contributed by atoms with Gasteiger partial charge in [0.05, 0.1) is 4.90 Å². The lowest BCUT2D eigenvalue weighted by atomic mass is 10.1. The van der Waals surface area contributed by atoms with Crippen molar-refractivity contribution in [3.05, 3.63) is 53.6 Å². The number of aryl methyl sites for hydroxylation is 2. The zero-order chi connectivity index (χ0) is 23.3. The third-order valence-electron chi connectivity index (χ3n) is 5.40. The normalized spacial score (nSPS) is 13.9. The maximum Gasteiger partial charge on any atom is 0.321 e. The summed E-state index contributed by atoms with van der Waals surface area (Å²) in [7, 11) is -2.53. The fourth-order valence-corrected chi connectivity index (χ4v) is 4.61. The molecule has 1 saturated heterocycles. The van der Waals surface area contributed by atoms with Gasteiger partial charge in [0.25, 0.3) is 5.91 Å². The fourth-order valence-electron chi connectivity index (χ4n) is 3.50. The summed E-state index contributed by atoms with van der Waals surface area (Å²) in [5.41, 5.74) is 3.62. The molecular formula is C23H29N3O5S. The third kappa shape index (κ3) is 5.86. The number of carbonyl (C=O) groups excluding carboxylic acids is 2. The molecule has 1 amide bonds. The highest BCUT2D eigenvalue weighted by Crippen LogP contribution is 2.25. The van der Waals surface area contributed by atoms with Crippen molar-refractivity contribution in [1.29, 1.82) is 0 Å². The molecule has 0 aromatic heterocycles. The summed E-state index contributed by atoms with van der Waals surface area (Å²) in [5.74, 6) is -1.29. The Morgan fingerprint density at radius 3 is 2.34 bits per heavy atom. The van der Waals surface area contributed by atoms with Crippen LogP contribution >= 0.6 is 0 Å². The van der Waals surface area contributed by atoms with Gasteiger partial charge in [0.2, 0.25) is 10.0 Å². The Labute approximate surface area is 189 Å². The minimum atomic E-state index is -3.83. The van der Waals surface area contributed by atoms with Crippen LogP contribution in [0.5, 0.6) is 0 Å². The molecule has 0 saturated carbocycles. The average molecular weight is 460 g/mol. The smallest absolute Gasteiger partial charge is 0.321 e. The van der Waals surface area contributed by atoms with E-state index in [0.717, 1.165) is 34.2 Å². The maximum absolute atomic E-state index is 12.6. The van der Waals surface area contributed by atoms with Gasteiger partial charge >= 0.3 is 5.97 Å². The molecule has 172 valence electrons. The van der Waals surface area contributed by atoms with Crippen LogP contribution in [0.2, 0.25) is 0 Å². The van der Waals surface area contributed by atoms with E-state index in [1.807, 2.05) is 32.0 Å². The van der Waals surface area contributed by atoms with E-state index in [9.17, 15) is 18.0 Å². The van der Waals surface area contributed by atoms with Crippen LogP contribution in [0.4, 0.5) is 11.4 Å². The van der Waals surface area contributed by atoms with Crippen molar-refractivity contribution in [1.82, 2.24) is 4.31 Å². The second kappa shape index (κ2) is 10.1. The van der Waals surface area contributed by atoms with Crippen LogP contribution in [0.3, 0.4) is 0 Å². The van der Waals surface area contributed by atoms with Crippen LogP contribution in [0, 0.1) is 13.8 Å². The molecule has 1 aliphatic rings. The van der Waals surface area contributed by atoms with Gasteiger partial charge in [-0.25, -0.2) is 8.42 Å².